The summed E-state index contributed by atoms with van der Waals surface area (Å²) >= 11 is 1.12. The molecule has 0 radical (unpaired) electrons. The Labute approximate surface area is 236 Å². The Hall–Kier alpha value is -2.57. The molecule has 1 aromatic heterocycles. The highest BCUT2D eigenvalue weighted by Crippen LogP contribution is 2.37. The van der Waals surface area contributed by atoms with E-state index in [0.29, 0.717) is 49.0 Å². The highest BCUT2D eigenvalue weighted by atomic mass is 32.1. The average Bonchev–Trinajstić information content (AvgIpc) is 3.51. The van der Waals surface area contributed by atoms with Gasteiger partial charge in [0.15, 0.2) is 0 Å². The lowest BCUT2D eigenvalue weighted by Crippen LogP contribution is -2.44. The van der Waals surface area contributed by atoms with E-state index in [-0.39, 0.29) is 40.3 Å². The van der Waals surface area contributed by atoms with Crippen LogP contribution < -0.4 is 10.2 Å². The highest BCUT2D eigenvalue weighted by molar-refractivity contribution is 7.15. The second kappa shape index (κ2) is 13.7. The molecule has 39 heavy (non-hydrogen) atoms. The van der Waals surface area contributed by atoms with Gasteiger partial charge in [0.25, 0.3) is 0 Å². The SMILES string of the molecule is CC1CCC(C(=O)N(c2cc(C#CC(C)(C)C)sc2C(=O)O)C(C)CCC(C)NC(=O)O[C@@H]2CCOC2)CC1. The summed E-state index contributed by atoms with van der Waals surface area (Å²) in [6, 6.07) is 1.32. The van der Waals surface area contributed by atoms with Gasteiger partial charge in [-0.2, -0.15) is 0 Å². The summed E-state index contributed by atoms with van der Waals surface area (Å²) in [6.07, 6.45) is 4.80. The second-order valence-corrected chi connectivity index (χ2v) is 13.2. The maximum atomic E-state index is 14.0. The van der Waals surface area contributed by atoms with E-state index in [0.717, 1.165) is 37.0 Å². The molecule has 1 saturated heterocycles. The Morgan fingerprint density at radius 1 is 1.18 bits per heavy atom. The summed E-state index contributed by atoms with van der Waals surface area (Å²) in [4.78, 5) is 41.0. The molecule has 8 nitrogen and oxygen atoms in total. The van der Waals surface area contributed by atoms with Crippen LogP contribution >= 0.6 is 11.3 Å². The van der Waals surface area contributed by atoms with E-state index in [1.165, 1.54) is 0 Å². The second-order valence-electron chi connectivity index (χ2n) is 12.2. The number of carboxylic acid groups (broad SMARTS) is 1. The van der Waals surface area contributed by atoms with E-state index in [1.807, 2.05) is 34.6 Å². The van der Waals surface area contributed by atoms with Gasteiger partial charge in [0.2, 0.25) is 5.91 Å². The van der Waals surface area contributed by atoms with Crippen LogP contribution in [0.5, 0.6) is 0 Å². The number of amides is 2. The normalized spacial score (nSPS) is 22.8. The zero-order chi connectivity index (χ0) is 28.7. The fraction of sp³-hybridized carbons (Fsp3) is 0.700. The summed E-state index contributed by atoms with van der Waals surface area (Å²) in [5.74, 6) is 5.67. The monoisotopic (exact) mass is 560 g/mol. The Kier molecular flexibility index (Phi) is 10.9. The van der Waals surface area contributed by atoms with Crippen LogP contribution in [-0.4, -0.2) is 54.5 Å². The number of alkyl carbamates (subject to hydrolysis) is 1. The van der Waals surface area contributed by atoms with Crippen LogP contribution in [0.2, 0.25) is 0 Å². The first kappa shape index (κ1) is 31.0. The largest absolute Gasteiger partial charge is 0.477 e. The first-order valence-corrected chi connectivity index (χ1v) is 14.9. The molecule has 1 saturated carbocycles. The van der Waals surface area contributed by atoms with Crippen LogP contribution in [0, 0.1) is 29.1 Å². The summed E-state index contributed by atoms with van der Waals surface area (Å²) < 4.78 is 10.7. The average molecular weight is 561 g/mol. The van der Waals surface area contributed by atoms with Crippen LogP contribution in [0.15, 0.2) is 6.07 Å². The van der Waals surface area contributed by atoms with Crippen LogP contribution in [0.3, 0.4) is 0 Å². The Balaban J connectivity index is 1.80. The molecule has 1 aliphatic carbocycles. The molecule has 3 rings (SSSR count). The molecular formula is C30H44N2O6S. The van der Waals surface area contributed by atoms with Crippen LogP contribution in [0.1, 0.15) is 101 Å². The lowest BCUT2D eigenvalue weighted by molar-refractivity contribution is -0.124. The summed E-state index contributed by atoms with van der Waals surface area (Å²) in [5.41, 5.74) is 0.188. The van der Waals surface area contributed by atoms with E-state index in [9.17, 15) is 19.5 Å². The number of thiophene rings is 1. The minimum atomic E-state index is -1.06. The van der Waals surface area contributed by atoms with Gasteiger partial charge >= 0.3 is 12.1 Å². The number of nitrogens with zero attached hydrogens (tertiary/aromatic N) is 1. The van der Waals surface area contributed by atoms with Crippen LogP contribution in [0.4, 0.5) is 10.5 Å². The predicted octanol–water partition coefficient (Wildman–Crippen LogP) is 6.08. The number of aromatic carboxylic acids is 1. The third-order valence-corrected chi connectivity index (χ3v) is 8.34. The van der Waals surface area contributed by atoms with Crippen molar-refractivity contribution >= 4 is 35.0 Å². The number of hydrogen-bond acceptors (Lipinski definition) is 6. The lowest BCUT2D eigenvalue weighted by atomic mass is 9.82. The van der Waals surface area contributed by atoms with Gasteiger partial charge < -0.3 is 24.8 Å². The Morgan fingerprint density at radius 3 is 2.46 bits per heavy atom. The maximum Gasteiger partial charge on any atom is 0.407 e. The molecule has 2 heterocycles. The van der Waals surface area contributed by atoms with Crippen LogP contribution in [-0.2, 0) is 14.3 Å². The van der Waals surface area contributed by atoms with Gasteiger partial charge in [0, 0.05) is 29.8 Å². The van der Waals surface area contributed by atoms with E-state index < -0.39 is 12.1 Å². The number of anilines is 1. The van der Waals surface area contributed by atoms with Crippen molar-refractivity contribution in [2.24, 2.45) is 17.3 Å². The molecule has 2 fully saturated rings. The Morgan fingerprint density at radius 2 is 1.87 bits per heavy atom. The highest BCUT2D eigenvalue weighted by Gasteiger charge is 2.34. The number of carbonyl (C=O) groups is 3. The topological polar surface area (TPSA) is 105 Å². The van der Waals surface area contributed by atoms with Crippen molar-refractivity contribution in [3.63, 3.8) is 0 Å². The molecule has 2 aliphatic rings. The van der Waals surface area contributed by atoms with Gasteiger partial charge in [-0.3, -0.25) is 4.79 Å². The first-order valence-electron chi connectivity index (χ1n) is 14.1. The summed E-state index contributed by atoms with van der Waals surface area (Å²) in [7, 11) is 0. The number of carbonyl (C=O) groups excluding carboxylic acids is 2. The van der Waals surface area contributed by atoms with E-state index in [2.05, 4.69) is 24.1 Å². The van der Waals surface area contributed by atoms with Gasteiger partial charge in [0.05, 0.1) is 23.8 Å². The van der Waals surface area contributed by atoms with Crippen molar-refractivity contribution in [1.82, 2.24) is 5.32 Å². The summed E-state index contributed by atoms with van der Waals surface area (Å²) in [5, 5.41) is 12.9. The quantitative estimate of drug-likeness (QED) is 0.355. The first-order chi connectivity index (χ1) is 18.3. The lowest BCUT2D eigenvalue weighted by Gasteiger charge is -2.35. The standard InChI is InChI=1S/C30H44N2O6S/c1-19-7-11-22(12-8-19)27(33)32(25-17-24(13-15-30(4,5)6)39-26(25)28(34)35)21(3)10-9-20(2)31-29(36)38-23-14-16-37-18-23/h17,19-23H,7-12,14,16,18H2,1-6H3,(H,31,36)(H,34,35)/t19?,20?,21?,22?,23-/m1/s1. The Bertz CT molecular complexity index is 1070. The zero-order valence-corrected chi connectivity index (χ0v) is 25.0. The van der Waals surface area contributed by atoms with Crippen molar-refractivity contribution in [2.45, 2.75) is 105 Å². The van der Waals surface area contributed by atoms with Crippen molar-refractivity contribution in [2.75, 3.05) is 18.1 Å². The van der Waals surface area contributed by atoms with Gasteiger partial charge in [0.1, 0.15) is 11.0 Å². The van der Waals surface area contributed by atoms with Gasteiger partial charge in [-0.15, -0.1) is 11.3 Å². The minimum Gasteiger partial charge on any atom is -0.477 e. The number of nitrogens with one attached hydrogen (secondary N) is 1. The van der Waals surface area contributed by atoms with E-state index in [1.54, 1.807) is 11.0 Å². The van der Waals surface area contributed by atoms with Gasteiger partial charge in [-0.1, -0.05) is 18.8 Å². The molecule has 9 heteroatoms. The smallest absolute Gasteiger partial charge is 0.407 e. The molecule has 216 valence electrons. The molecule has 1 aromatic rings. The molecule has 0 bridgehead atoms. The molecule has 2 N–H and O–H groups in total. The zero-order valence-electron chi connectivity index (χ0n) is 24.2. The fourth-order valence-electron chi connectivity index (χ4n) is 4.99. The molecule has 1 aliphatic heterocycles. The van der Waals surface area contributed by atoms with Crippen molar-refractivity contribution in [1.29, 1.82) is 0 Å². The van der Waals surface area contributed by atoms with Crippen molar-refractivity contribution < 1.29 is 29.0 Å². The third-order valence-electron chi connectivity index (χ3n) is 7.31. The van der Waals surface area contributed by atoms with E-state index in [4.69, 9.17) is 9.47 Å². The van der Waals surface area contributed by atoms with Crippen molar-refractivity contribution in [3.05, 3.63) is 15.8 Å². The molecule has 0 aromatic carbocycles. The van der Waals surface area contributed by atoms with Crippen LogP contribution in [0.25, 0.3) is 0 Å². The minimum absolute atomic E-state index is 0.0220. The predicted molar refractivity (Wildman–Crippen MR) is 153 cm³/mol. The third kappa shape index (κ3) is 9.25. The number of rotatable bonds is 9. The fourth-order valence-corrected chi connectivity index (χ4v) is 5.83. The molecule has 3 atom stereocenters. The summed E-state index contributed by atoms with van der Waals surface area (Å²) in [6.45, 7) is 13.1. The molecule has 2 unspecified atom stereocenters. The van der Waals surface area contributed by atoms with Gasteiger partial charge in [-0.25, -0.2) is 9.59 Å². The molecular weight excluding hydrogens is 516 g/mol. The maximum absolute atomic E-state index is 14.0. The molecule has 2 amide bonds. The number of ether oxygens (including phenoxy) is 2. The van der Waals surface area contributed by atoms with Crippen molar-refractivity contribution in [3.8, 4) is 11.8 Å². The number of carboxylic acids is 1. The van der Waals surface area contributed by atoms with Gasteiger partial charge in [-0.05, 0) is 85.1 Å². The number of hydrogen-bond donors (Lipinski definition) is 2. The molecule has 0 spiro atoms. The van der Waals surface area contributed by atoms with E-state index >= 15 is 0 Å².